The first-order valence-corrected chi connectivity index (χ1v) is 11.6. The van der Waals surface area contributed by atoms with Crippen LogP contribution in [0.2, 0.25) is 0 Å². The number of carbonyl (C=O) groups excluding carboxylic acids is 2. The number of nitrogens with one attached hydrogen (secondary N) is 1. The Labute approximate surface area is 188 Å². The summed E-state index contributed by atoms with van der Waals surface area (Å²) in [6, 6.07) is 15.5. The molecule has 1 aliphatic rings. The van der Waals surface area contributed by atoms with Gasteiger partial charge in [-0.2, -0.15) is 0 Å². The zero-order valence-corrected chi connectivity index (χ0v) is 18.8. The Hall–Kier alpha value is -2.91. The Morgan fingerprint density at radius 1 is 1.19 bits per heavy atom. The summed E-state index contributed by atoms with van der Waals surface area (Å²) in [7, 11) is 1.61. The predicted molar refractivity (Wildman–Crippen MR) is 123 cm³/mol. The van der Waals surface area contributed by atoms with Gasteiger partial charge in [0.2, 0.25) is 16.9 Å². The molecular weight excluding hydrogens is 432 g/mol. The van der Waals surface area contributed by atoms with Crippen LogP contribution in [-0.2, 0) is 9.59 Å². The maximum absolute atomic E-state index is 12.5. The maximum atomic E-state index is 12.5. The topological polar surface area (TPSA) is 84.4 Å². The average Bonchev–Trinajstić information content (AvgIpc) is 3.40. The number of methoxy groups -OCH3 is 1. The van der Waals surface area contributed by atoms with Crippen molar-refractivity contribution in [2.75, 3.05) is 29.6 Å². The molecule has 2 aromatic carbocycles. The highest BCUT2D eigenvalue weighted by Gasteiger charge is 2.34. The molecule has 0 bridgehead atoms. The van der Waals surface area contributed by atoms with Crippen LogP contribution in [-0.4, -0.2) is 41.4 Å². The van der Waals surface area contributed by atoms with Crippen LogP contribution >= 0.6 is 23.1 Å². The molecule has 0 saturated carbocycles. The molecule has 0 radical (unpaired) electrons. The molecule has 160 valence electrons. The zero-order chi connectivity index (χ0) is 21.8. The molecule has 0 aliphatic carbocycles. The number of ether oxygens (including phenoxy) is 1. The number of aromatic nitrogens is 2. The van der Waals surface area contributed by atoms with Crippen LogP contribution in [0.4, 0.5) is 10.8 Å². The zero-order valence-electron chi connectivity index (χ0n) is 17.2. The molecule has 2 heterocycles. The monoisotopic (exact) mass is 454 g/mol. The van der Waals surface area contributed by atoms with Crippen LogP contribution in [0.3, 0.4) is 0 Å². The SMILES string of the molecule is COc1ccc(N2CC(c3nnc(NC(=O)CSc4ccc(C)cc4)s3)CC2=O)cc1. The van der Waals surface area contributed by atoms with E-state index in [0.29, 0.717) is 23.8 Å². The summed E-state index contributed by atoms with van der Waals surface area (Å²) in [5, 5.41) is 12.3. The number of carbonyl (C=O) groups is 2. The summed E-state index contributed by atoms with van der Waals surface area (Å²) in [6.45, 7) is 2.57. The van der Waals surface area contributed by atoms with Gasteiger partial charge in [-0.25, -0.2) is 0 Å². The molecule has 1 saturated heterocycles. The van der Waals surface area contributed by atoms with Gasteiger partial charge >= 0.3 is 0 Å². The van der Waals surface area contributed by atoms with Gasteiger partial charge in [-0.3, -0.25) is 14.9 Å². The minimum atomic E-state index is -0.129. The van der Waals surface area contributed by atoms with Gasteiger partial charge in [-0.05, 0) is 43.3 Å². The molecular formula is C22H22N4O3S2. The fourth-order valence-electron chi connectivity index (χ4n) is 3.27. The van der Waals surface area contributed by atoms with Crippen molar-refractivity contribution in [1.82, 2.24) is 10.2 Å². The molecule has 1 aromatic heterocycles. The van der Waals surface area contributed by atoms with Crippen LogP contribution < -0.4 is 15.0 Å². The van der Waals surface area contributed by atoms with E-state index in [1.165, 1.54) is 28.7 Å². The molecule has 7 nitrogen and oxygen atoms in total. The van der Waals surface area contributed by atoms with Crippen molar-refractivity contribution in [1.29, 1.82) is 0 Å². The first kappa shape index (κ1) is 21.3. The Bertz CT molecular complexity index is 1070. The van der Waals surface area contributed by atoms with E-state index in [9.17, 15) is 9.59 Å². The fourth-order valence-corrected chi connectivity index (χ4v) is 4.82. The number of nitrogens with zero attached hydrogens (tertiary/aromatic N) is 3. The van der Waals surface area contributed by atoms with Crippen molar-refractivity contribution in [2.24, 2.45) is 0 Å². The third-order valence-electron chi connectivity index (χ3n) is 4.94. The van der Waals surface area contributed by atoms with Gasteiger partial charge in [0.05, 0.1) is 12.9 Å². The minimum absolute atomic E-state index is 0.0420. The largest absolute Gasteiger partial charge is 0.497 e. The highest BCUT2D eigenvalue weighted by molar-refractivity contribution is 8.00. The summed E-state index contributed by atoms with van der Waals surface area (Å²) in [4.78, 5) is 27.6. The highest BCUT2D eigenvalue weighted by Crippen LogP contribution is 2.34. The molecule has 1 aliphatic heterocycles. The minimum Gasteiger partial charge on any atom is -0.497 e. The van der Waals surface area contributed by atoms with Crippen LogP contribution in [0.1, 0.15) is 22.9 Å². The molecule has 31 heavy (non-hydrogen) atoms. The number of rotatable bonds is 7. The van der Waals surface area contributed by atoms with E-state index in [0.717, 1.165) is 21.3 Å². The molecule has 4 rings (SSSR count). The molecule has 1 atom stereocenters. The highest BCUT2D eigenvalue weighted by atomic mass is 32.2. The normalized spacial score (nSPS) is 15.9. The standard InChI is InChI=1S/C22H22N4O3S2/c1-14-3-9-18(10-4-14)30-13-19(27)23-22-25-24-21(31-22)15-11-20(28)26(12-15)16-5-7-17(29-2)8-6-16/h3-10,15H,11-13H2,1-2H3,(H,23,25,27). The van der Waals surface area contributed by atoms with Crippen LogP contribution in [0.25, 0.3) is 0 Å². The summed E-state index contributed by atoms with van der Waals surface area (Å²) in [6.07, 6.45) is 0.373. The van der Waals surface area contributed by atoms with Gasteiger partial charge in [-0.15, -0.1) is 22.0 Å². The fraction of sp³-hybridized carbons (Fsp3) is 0.273. The van der Waals surface area contributed by atoms with Crippen LogP contribution in [0.15, 0.2) is 53.4 Å². The van der Waals surface area contributed by atoms with Crippen molar-refractivity contribution in [3.8, 4) is 5.75 Å². The van der Waals surface area contributed by atoms with Crippen molar-refractivity contribution >= 4 is 45.7 Å². The van der Waals surface area contributed by atoms with E-state index in [-0.39, 0.29) is 17.7 Å². The van der Waals surface area contributed by atoms with Crippen molar-refractivity contribution in [2.45, 2.75) is 24.2 Å². The van der Waals surface area contributed by atoms with Crippen molar-refractivity contribution < 1.29 is 14.3 Å². The summed E-state index contributed by atoms with van der Waals surface area (Å²) in [5.74, 6) is 0.920. The van der Waals surface area contributed by atoms with E-state index < -0.39 is 0 Å². The Balaban J connectivity index is 1.33. The molecule has 3 aromatic rings. The number of benzene rings is 2. The number of thioether (sulfide) groups is 1. The maximum Gasteiger partial charge on any atom is 0.236 e. The molecule has 1 unspecified atom stereocenters. The lowest BCUT2D eigenvalue weighted by molar-refractivity contribution is -0.117. The number of anilines is 2. The van der Waals surface area contributed by atoms with Crippen molar-refractivity contribution in [3.05, 3.63) is 59.1 Å². The molecule has 1 N–H and O–H groups in total. The van der Waals surface area contributed by atoms with E-state index in [1.54, 1.807) is 12.0 Å². The molecule has 9 heteroatoms. The number of hydrogen-bond donors (Lipinski definition) is 1. The second kappa shape index (κ2) is 9.49. The first-order valence-electron chi connectivity index (χ1n) is 9.79. The Morgan fingerprint density at radius 2 is 1.94 bits per heavy atom. The number of hydrogen-bond acceptors (Lipinski definition) is 7. The van der Waals surface area contributed by atoms with E-state index in [1.807, 2.05) is 55.5 Å². The summed E-state index contributed by atoms with van der Waals surface area (Å²) in [5.41, 5.74) is 2.02. The Kier molecular flexibility index (Phi) is 6.53. The number of amides is 2. The van der Waals surface area contributed by atoms with Crippen LogP contribution in [0.5, 0.6) is 5.75 Å². The van der Waals surface area contributed by atoms with Gasteiger partial charge in [0.1, 0.15) is 10.8 Å². The van der Waals surface area contributed by atoms with E-state index in [4.69, 9.17) is 4.74 Å². The van der Waals surface area contributed by atoms with Crippen LogP contribution in [0, 0.1) is 6.92 Å². The lowest BCUT2D eigenvalue weighted by Crippen LogP contribution is -2.24. The molecule has 0 spiro atoms. The second-order valence-corrected chi connectivity index (χ2v) is 9.26. The van der Waals surface area contributed by atoms with Gasteiger partial charge in [0, 0.05) is 29.5 Å². The van der Waals surface area contributed by atoms with Gasteiger partial charge < -0.3 is 9.64 Å². The summed E-state index contributed by atoms with van der Waals surface area (Å²) < 4.78 is 5.17. The molecule has 1 fully saturated rings. The lowest BCUT2D eigenvalue weighted by atomic mass is 10.1. The smallest absolute Gasteiger partial charge is 0.236 e. The van der Waals surface area contributed by atoms with Gasteiger partial charge in [0.15, 0.2) is 0 Å². The average molecular weight is 455 g/mol. The predicted octanol–water partition coefficient (Wildman–Crippen LogP) is 4.11. The molecule has 2 amide bonds. The second-order valence-electron chi connectivity index (χ2n) is 7.20. The van der Waals surface area contributed by atoms with E-state index in [2.05, 4.69) is 15.5 Å². The van der Waals surface area contributed by atoms with Gasteiger partial charge in [-0.1, -0.05) is 29.0 Å². The third-order valence-corrected chi connectivity index (χ3v) is 6.95. The number of aryl methyl sites for hydroxylation is 1. The van der Waals surface area contributed by atoms with Crippen molar-refractivity contribution in [3.63, 3.8) is 0 Å². The lowest BCUT2D eigenvalue weighted by Gasteiger charge is -2.16. The third kappa shape index (κ3) is 5.23. The quantitative estimate of drug-likeness (QED) is 0.541. The van der Waals surface area contributed by atoms with E-state index >= 15 is 0 Å². The summed E-state index contributed by atoms with van der Waals surface area (Å²) >= 11 is 2.80. The Morgan fingerprint density at radius 3 is 2.65 bits per heavy atom. The first-order chi connectivity index (χ1) is 15.0. The van der Waals surface area contributed by atoms with Gasteiger partial charge in [0.25, 0.3) is 0 Å².